The fraction of sp³-hybridized carbons (Fsp3) is 0.574. The van der Waals surface area contributed by atoms with Crippen LogP contribution in [0.4, 0.5) is 24.3 Å². The Morgan fingerprint density at radius 2 is 1.39 bits per heavy atom. The maximum atomic E-state index is 13.6. The number of nitrogens with zero attached hydrogens (tertiary/aromatic N) is 3. The summed E-state index contributed by atoms with van der Waals surface area (Å²) in [5.74, 6) is 0.264. The number of anilines is 1. The first kappa shape index (κ1) is 50.3. The van der Waals surface area contributed by atoms with Crippen molar-refractivity contribution in [3.63, 3.8) is 0 Å². The van der Waals surface area contributed by atoms with E-state index in [9.17, 15) is 29.1 Å². The fourth-order valence-electron chi connectivity index (χ4n) is 7.63. The number of carbonyl (C=O) groups excluding carboxylic acids is 5. The van der Waals surface area contributed by atoms with Gasteiger partial charge in [0.1, 0.15) is 16.8 Å². The standard InChI is InChI=1S/C47H66N6O9S2/c1-45(2,3)60-41(56)50-32(24-30-18-12-10-13-19-30)26-36(54)34(25-31-20-14-11-15-21-31)48-27-33-28-49-40(64-33)51-38(55)23-17-16-22-37-39-35(29-63-37)52(43(58)61-46(4,5)6)42(57)53(39)44(59)62-47(7,8)9/h10-15,18-21,28,32,34-37,39,48,54H,16-17,22-27,29H2,1-9H3,(H,50,56)(H,49,51,55)/t32-,34-,35-,36-,37-,39-/m0/s1. The molecular weight excluding hydrogens is 857 g/mol. The van der Waals surface area contributed by atoms with E-state index >= 15 is 0 Å². The second kappa shape index (κ2) is 22.0. The Labute approximate surface area is 385 Å². The van der Waals surface area contributed by atoms with Crippen molar-refractivity contribution in [2.24, 2.45) is 0 Å². The summed E-state index contributed by atoms with van der Waals surface area (Å²) in [6.07, 6.45) is 2.10. The van der Waals surface area contributed by atoms with Gasteiger partial charge in [-0.1, -0.05) is 67.1 Å². The summed E-state index contributed by atoms with van der Waals surface area (Å²) < 4.78 is 16.7. The van der Waals surface area contributed by atoms with Crippen LogP contribution in [-0.2, 0) is 38.4 Å². The second-order valence-electron chi connectivity index (χ2n) is 19.4. The Bertz CT molecular complexity index is 2030. The molecule has 1 aromatic heterocycles. The number of aromatic nitrogens is 1. The van der Waals surface area contributed by atoms with Gasteiger partial charge in [-0.15, -0.1) is 11.3 Å². The molecule has 2 saturated heterocycles. The highest BCUT2D eigenvalue weighted by Crippen LogP contribution is 2.43. The van der Waals surface area contributed by atoms with Crippen molar-refractivity contribution in [2.75, 3.05) is 11.1 Å². The lowest BCUT2D eigenvalue weighted by Gasteiger charge is -2.29. The third-order valence-electron chi connectivity index (χ3n) is 10.3. The number of ether oxygens (including phenoxy) is 3. The molecule has 0 spiro atoms. The molecule has 350 valence electrons. The molecule has 2 aromatic carbocycles. The van der Waals surface area contributed by atoms with Gasteiger partial charge in [0.25, 0.3) is 0 Å². The van der Waals surface area contributed by atoms with E-state index in [4.69, 9.17) is 14.2 Å². The predicted molar refractivity (Wildman–Crippen MR) is 249 cm³/mol. The average Bonchev–Trinajstić information content (AvgIpc) is 3.88. The van der Waals surface area contributed by atoms with Crippen molar-refractivity contribution >= 4 is 58.4 Å². The van der Waals surface area contributed by atoms with E-state index in [-0.39, 0.29) is 30.0 Å². The lowest BCUT2D eigenvalue weighted by Crippen LogP contribution is -2.47. The Hall–Kier alpha value is -4.71. The summed E-state index contributed by atoms with van der Waals surface area (Å²) in [4.78, 5) is 73.5. The van der Waals surface area contributed by atoms with Crippen molar-refractivity contribution in [1.82, 2.24) is 25.4 Å². The maximum Gasteiger partial charge on any atom is 0.418 e. The van der Waals surface area contributed by atoms with E-state index in [0.717, 1.165) is 25.8 Å². The number of aliphatic hydroxyl groups excluding tert-OH is 1. The zero-order valence-corrected chi connectivity index (χ0v) is 40.2. The molecule has 6 atom stereocenters. The second-order valence-corrected chi connectivity index (χ2v) is 21.7. The summed E-state index contributed by atoms with van der Waals surface area (Å²) in [5, 5.41) is 21.5. The monoisotopic (exact) mass is 922 g/mol. The molecule has 3 heterocycles. The van der Waals surface area contributed by atoms with Crippen LogP contribution in [0.5, 0.6) is 0 Å². The minimum atomic E-state index is -0.848. The molecule has 2 aliphatic rings. The average molecular weight is 923 g/mol. The number of rotatable bonds is 17. The highest BCUT2D eigenvalue weighted by molar-refractivity contribution is 8.00. The number of nitrogens with one attached hydrogen (secondary N) is 3. The third kappa shape index (κ3) is 15.5. The van der Waals surface area contributed by atoms with Gasteiger partial charge in [0.2, 0.25) is 5.91 Å². The summed E-state index contributed by atoms with van der Waals surface area (Å²) in [6.45, 7) is 16.1. The highest BCUT2D eigenvalue weighted by atomic mass is 32.2. The molecule has 64 heavy (non-hydrogen) atoms. The van der Waals surface area contributed by atoms with Crippen LogP contribution in [0, 0.1) is 0 Å². The van der Waals surface area contributed by atoms with Crippen LogP contribution in [0.2, 0.25) is 0 Å². The number of hydrogen-bond acceptors (Lipinski definition) is 13. The van der Waals surface area contributed by atoms with Crippen molar-refractivity contribution < 1.29 is 43.3 Å². The van der Waals surface area contributed by atoms with Crippen LogP contribution in [0.3, 0.4) is 0 Å². The summed E-state index contributed by atoms with van der Waals surface area (Å²) in [6, 6.07) is 17.0. The zero-order valence-electron chi connectivity index (χ0n) is 38.6. The first-order valence-corrected chi connectivity index (χ1v) is 23.8. The molecule has 0 radical (unpaired) electrons. The minimum Gasteiger partial charge on any atom is -0.444 e. The molecule has 4 N–H and O–H groups in total. The van der Waals surface area contributed by atoms with E-state index in [1.165, 1.54) is 11.3 Å². The predicted octanol–water partition coefficient (Wildman–Crippen LogP) is 8.69. The van der Waals surface area contributed by atoms with E-state index < -0.39 is 65.3 Å². The quantitative estimate of drug-likeness (QED) is 0.0574. The molecule has 2 fully saturated rings. The van der Waals surface area contributed by atoms with Crippen LogP contribution >= 0.6 is 23.1 Å². The minimum absolute atomic E-state index is 0.161. The molecule has 2 aliphatic heterocycles. The van der Waals surface area contributed by atoms with Gasteiger partial charge in [-0.05, 0) is 106 Å². The molecule has 17 heteroatoms. The zero-order chi connectivity index (χ0) is 46.8. The van der Waals surface area contributed by atoms with Crippen molar-refractivity contribution in [3.8, 4) is 0 Å². The summed E-state index contributed by atoms with van der Waals surface area (Å²) in [5.41, 5.74) is -0.286. The highest BCUT2D eigenvalue weighted by Gasteiger charge is 2.59. The molecule has 0 aliphatic carbocycles. The Kier molecular flexibility index (Phi) is 17.3. The van der Waals surface area contributed by atoms with Crippen molar-refractivity contribution in [2.45, 2.75) is 166 Å². The topological polar surface area (TPSA) is 189 Å². The number of urea groups is 1. The number of amides is 6. The molecule has 0 saturated carbocycles. The van der Waals surface area contributed by atoms with Crippen LogP contribution in [-0.4, -0.2) is 108 Å². The van der Waals surface area contributed by atoms with Gasteiger partial charge >= 0.3 is 24.3 Å². The van der Waals surface area contributed by atoms with Gasteiger partial charge in [0, 0.05) is 47.1 Å². The Morgan fingerprint density at radius 3 is 1.98 bits per heavy atom. The van der Waals surface area contributed by atoms with Gasteiger partial charge in [-0.2, -0.15) is 11.8 Å². The first-order valence-electron chi connectivity index (χ1n) is 22.0. The van der Waals surface area contributed by atoms with Gasteiger partial charge < -0.3 is 35.3 Å². The number of hydrogen-bond donors (Lipinski definition) is 4. The number of carbonyl (C=O) groups is 5. The van der Waals surface area contributed by atoms with Crippen LogP contribution in [0.15, 0.2) is 66.9 Å². The maximum absolute atomic E-state index is 13.6. The van der Waals surface area contributed by atoms with Gasteiger partial charge in [-0.25, -0.2) is 34.0 Å². The third-order valence-corrected chi connectivity index (χ3v) is 12.7. The van der Waals surface area contributed by atoms with Crippen LogP contribution in [0.1, 0.15) is 110 Å². The number of fused-ring (bicyclic) bond motifs is 1. The summed E-state index contributed by atoms with van der Waals surface area (Å²) >= 11 is 2.94. The SMILES string of the molecule is CC(C)(C)OC(=O)N[C@@H](Cc1ccccc1)C[C@H](O)[C@H](Cc1ccccc1)NCc1cnc(NC(=O)CCCC[C@@H]2SC[C@H]3[C@@H]2N(C(=O)OC(C)(C)C)C(=O)N3C(=O)OC(C)(C)C)s1. The Morgan fingerprint density at radius 1 is 0.812 bits per heavy atom. The lowest BCUT2D eigenvalue weighted by molar-refractivity contribution is -0.116. The van der Waals surface area contributed by atoms with E-state index in [2.05, 4.69) is 20.9 Å². The van der Waals surface area contributed by atoms with Gasteiger partial charge in [0.05, 0.1) is 18.2 Å². The number of benzene rings is 2. The van der Waals surface area contributed by atoms with E-state index in [1.807, 2.05) is 81.4 Å². The first-order chi connectivity index (χ1) is 30.0. The van der Waals surface area contributed by atoms with E-state index in [0.29, 0.717) is 49.5 Å². The van der Waals surface area contributed by atoms with Gasteiger partial charge in [-0.3, -0.25) is 4.79 Å². The van der Waals surface area contributed by atoms with Crippen molar-refractivity contribution in [1.29, 1.82) is 0 Å². The molecule has 3 aromatic rings. The number of thioether (sulfide) groups is 1. The van der Waals surface area contributed by atoms with Gasteiger partial charge in [0.15, 0.2) is 5.13 Å². The lowest BCUT2D eigenvalue weighted by atomic mass is 9.93. The summed E-state index contributed by atoms with van der Waals surface area (Å²) in [7, 11) is 0. The fourth-order valence-corrected chi connectivity index (χ4v) is 10.0. The van der Waals surface area contributed by atoms with Crippen molar-refractivity contribution in [3.05, 3.63) is 82.9 Å². The Balaban J connectivity index is 1.15. The normalized spacial score (nSPS) is 19.1. The largest absolute Gasteiger partial charge is 0.444 e. The van der Waals surface area contributed by atoms with Crippen LogP contribution in [0.25, 0.3) is 0 Å². The molecule has 0 unspecified atom stereocenters. The number of imide groups is 2. The smallest absolute Gasteiger partial charge is 0.418 e. The molecular formula is C47H66N6O9S2. The van der Waals surface area contributed by atoms with E-state index in [1.54, 1.807) is 59.5 Å². The number of thiazole rings is 1. The molecule has 0 bridgehead atoms. The molecule has 5 rings (SSSR count). The number of alkyl carbamates (subject to hydrolysis) is 1. The van der Waals surface area contributed by atoms with Crippen LogP contribution < -0.4 is 16.0 Å². The number of unbranched alkanes of at least 4 members (excludes halogenated alkanes) is 1. The molecule has 6 amide bonds. The number of aliphatic hydroxyl groups is 1. The molecule has 15 nitrogen and oxygen atoms in total.